The van der Waals surface area contributed by atoms with Gasteiger partial charge in [0.05, 0.1) is 5.54 Å². The summed E-state index contributed by atoms with van der Waals surface area (Å²) in [6.07, 6.45) is 8.59. The topological polar surface area (TPSA) is 64.9 Å². The summed E-state index contributed by atoms with van der Waals surface area (Å²) in [5, 5.41) is 3.94. The van der Waals surface area contributed by atoms with Gasteiger partial charge in [-0.15, -0.1) is 0 Å². The van der Waals surface area contributed by atoms with E-state index in [4.69, 9.17) is 10.3 Å². The van der Waals surface area contributed by atoms with Crippen molar-refractivity contribution in [2.24, 2.45) is 11.1 Å². The molecule has 3 rings (SSSR count). The van der Waals surface area contributed by atoms with Crippen molar-refractivity contribution in [3.8, 4) is 0 Å². The standard InChI is InChI=1S/C10H15N3O/c11-10(8-12-7-14-13-8)6-2-5-9(10)3-1-4-9/h7H,1-6,11H2. The van der Waals surface area contributed by atoms with Crippen LogP contribution in [0, 0.1) is 5.41 Å². The van der Waals surface area contributed by atoms with Gasteiger partial charge in [-0.2, -0.15) is 4.98 Å². The molecule has 1 unspecified atom stereocenters. The van der Waals surface area contributed by atoms with Gasteiger partial charge in [-0.3, -0.25) is 0 Å². The molecule has 4 heteroatoms. The molecule has 76 valence electrons. The number of aromatic nitrogens is 2. The average Bonchev–Trinajstić information content (AvgIpc) is 2.67. The first-order valence-corrected chi connectivity index (χ1v) is 5.33. The van der Waals surface area contributed by atoms with Gasteiger partial charge < -0.3 is 10.3 Å². The number of nitrogens with zero attached hydrogens (tertiary/aromatic N) is 2. The van der Waals surface area contributed by atoms with Crippen LogP contribution in [0.1, 0.15) is 44.3 Å². The third-order valence-electron chi connectivity index (χ3n) is 4.24. The highest BCUT2D eigenvalue weighted by molar-refractivity contribution is 5.18. The summed E-state index contributed by atoms with van der Waals surface area (Å²) < 4.78 is 4.81. The SMILES string of the molecule is NC1(c2ncon2)CCCC12CCC2. The number of nitrogens with two attached hydrogens (primary N) is 1. The van der Waals surface area contributed by atoms with E-state index in [-0.39, 0.29) is 11.0 Å². The predicted molar refractivity (Wildman–Crippen MR) is 50.3 cm³/mol. The maximum atomic E-state index is 6.48. The molecule has 0 saturated heterocycles. The average molecular weight is 193 g/mol. The molecule has 0 aromatic carbocycles. The summed E-state index contributed by atoms with van der Waals surface area (Å²) in [5.74, 6) is 0.717. The van der Waals surface area contributed by atoms with Crippen LogP contribution in [-0.4, -0.2) is 10.1 Å². The quantitative estimate of drug-likeness (QED) is 0.735. The van der Waals surface area contributed by atoms with E-state index in [9.17, 15) is 0 Å². The van der Waals surface area contributed by atoms with E-state index in [1.807, 2.05) is 0 Å². The van der Waals surface area contributed by atoms with E-state index in [1.165, 1.54) is 38.5 Å². The molecule has 1 heterocycles. The second kappa shape index (κ2) is 2.57. The smallest absolute Gasteiger partial charge is 0.213 e. The van der Waals surface area contributed by atoms with Crippen LogP contribution in [0.4, 0.5) is 0 Å². The van der Waals surface area contributed by atoms with Crippen molar-refractivity contribution < 1.29 is 4.52 Å². The Morgan fingerprint density at radius 1 is 1.21 bits per heavy atom. The summed E-state index contributed by atoms with van der Waals surface area (Å²) in [7, 11) is 0. The number of rotatable bonds is 1. The molecule has 2 aliphatic rings. The zero-order valence-corrected chi connectivity index (χ0v) is 8.20. The minimum atomic E-state index is -0.307. The molecule has 0 bridgehead atoms. The zero-order chi connectivity index (χ0) is 9.65. The van der Waals surface area contributed by atoms with Gasteiger partial charge in [0.1, 0.15) is 0 Å². The van der Waals surface area contributed by atoms with Crippen molar-refractivity contribution in [3.63, 3.8) is 0 Å². The molecule has 1 aromatic rings. The van der Waals surface area contributed by atoms with Gasteiger partial charge in [-0.1, -0.05) is 18.0 Å². The fraction of sp³-hybridized carbons (Fsp3) is 0.800. The van der Waals surface area contributed by atoms with Crippen molar-refractivity contribution in [2.75, 3.05) is 0 Å². The van der Waals surface area contributed by atoms with Crippen LogP contribution in [0.25, 0.3) is 0 Å². The lowest BCUT2D eigenvalue weighted by atomic mass is 9.59. The molecular weight excluding hydrogens is 178 g/mol. The molecule has 0 radical (unpaired) electrons. The van der Waals surface area contributed by atoms with Gasteiger partial charge in [0.25, 0.3) is 0 Å². The van der Waals surface area contributed by atoms with Crippen molar-refractivity contribution in [2.45, 2.75) is 44.1 Å². The molecule has 0 aliphatic heterocycles. The Hall–Kier alpha value is -0.900. The second-order valence-corrected chi connectivity index (χ2v) is 4.71. The predicted octanol–water partition coefficient (Wildman–Crippen LogP) is 1.58. The summed E-state index contributed by atoms with van der Waals surface area (Å²) in [6.45, 7) is 0. The van der Waals surface area contributed by atoms with Crippen LogP contribution >= 0.6 is 0 Å². The zero-order valence-electron chi connectivity index (χ0n) is 8.20. The maximum absolute atomic E-state index is 6.48. The molecule has 2 aliphatic carbocycles. The van der Waals surface area contributed by atoms with Crippen molar-refractivity contribution in [1.82, 2.24) is 10.1 Å². The van der Waals surface area contributed by atoms with Crippen LogP contribution in [0.5, 0.6) is 0 Å². The van der Waals surface area contributed by atoms with Gasteiger partial charge in [0.15, 0.2) is 5.82 Å². The first-order valence-electron chi connectivity index (χ1n) is 5.33. The summed E-state index contributed by atoms with van der Waals surface area (Å²) in [5.41, 5.74) is 6.46. The number of hydrogen-bond acceptors (Lipinski definition) is 4. The van der Waals surface area contributed by atoms with Crippen molar-refractivity contribution in [1.29, 1.82) is 0 Å². The Labute approximate surface area is 82.9 Å². The molecule has 2 saturated carbocycles. The molecular formula is C10H15N3O. The minimum Gasteiger partial charge on any atom is -0.343 e. The van der Waals surface area contributed by atoms with E-state index < -0.39 is 0 Å². The van der Waals surface area contributed by atoms with Gasteiger partial charge in [0, 0.05) is 0 Å². The molecule has 1 atom stereocenters. The van der Waals surface area contributed by atoms with Crippen molar-refractivity contribution >= 4 is 0 Å². The lowest BCUT2D eigenvalue weighted by Gasteiger charge is -2.48. The monoisotopic (exact) mass is 193 g/mol. The van der Waals surface area contributed by atoms with Crippen LogP contribution in [0.15, 0.2) is 10.9 Å². The molecule has 1 aromatic heterocycles. The second-order valence-electron chi connectivity index (χ2n) is 4.71. The highest BCUT2D eigenvalue weighted by Gasteiger charge is 2.58. The molecule has 1 spiro atoms. The highest BCUT2D eigenvalue weighted by Crippen LogP contribution is 2.61. The largest absolute Gasteiger partial charge is 0.343 e. The molecule has 14 heavy (non-hydrogen) atoms. The van der Waals surface area contributed by atoms with Crippen LogP contribution in [0.2, 0.25) is 0 Å². The van der Waals surface area contributed by atoms with Crippen molar-refractivity contribution in [3.05, 3.63) is 12.2 Å². The lowest BCUT2D eigenvalue weighted by molar-refractivity contribution is 0.0440. The number of hydrogen-bond donors (Lipinski definition) is 1. The van der Waals surface area contributed by atoms with Gasteiger partial charge >= 0.3 is 0 Å². The fourth-order valence-electron chi connectivity index (χ4n) is 3.21. The van der Waals surface area contributed by atoms with E-state index in [2.05, 4.69) is 10.1 Å². The van der Waals surface area contributed by atoms with Gasteiger partial charge in [0.2, 0.25) is 6.39 Å². The van der Waals surface area contributed by atoms with E-state index in [0.29, 0.717) is 0 Å². The molecule has 4 nitrogen and oxygen atoms in total. The summed E-state index contributed by atoms with van der Waals surface area (Å²) in [4.78, 5) is 4.14. The normalized spacial score (nSPS) is 34.6. The van der Waals surface area contributed by atoms with E-state index >= 15 is 0 Å². The first-order chi connectivity index (χ1) is 6.77. The van der Waals surface area contributed by atoms with Crippen LogP contribution in [-0.2, 0) is 5.54 Å². The van der Waals surface area contributed by atoms with Crippen LogP contribution < -0.4 is 5.73 Å². The Bertz CT molecular complexity index is 331. The highest BCUT2D eigenvalue weighted by atomic mass is 16.5. The molecule has 0 amide bonds. The maximum Gasteiger partial charge on any atom is 0.213 e. The molecule has 2 N–H and O–H groups in total. The third kappa shape index (κ3) is 0.823. The molecule has 2 fully saturated rings. The van der Waals surface area contributed by atoms with Crippen LogP contribution in [0.3, 0.4) is 0 Å². The Balaban J connectivity index is 2.02. The first kappa shape index (κ1) is 8.41. The lowest BCUT2D eigenvalue weighted by Crippen LogP contribution is -2.53. The Morgan fingerprint density at radius 3 is 2.50 bits per heavy atom. The third-order valence-corrected chi connectivity index (χ3v) is 4.24. The summed E-state index contributed by atoms with van der Waals surface area (Å²) >= 11 is 0. The Kier molecular flexibility index (Phi) is 1.54. The van der Waals surface area contributed by atoms with Gasteiger partial charge in [-0.25, -0.2) is 0 Å². The minimum absolute atomic E-state index is 0.289. The fourth-order valence-corrected chi connectivity index (χ4v) is 3.21. The Morgan fingerprint density at radius 2 is 1.93 bits per heavy atom. The van der Waals surface area contributed by atoms with E-state index in [0.717, 1.165) is 12.2 Å². The summed E-state index contributed by atoms with van der Waals surface area (Å²) in [6, 6.07) is 0. The van der Waals surface area contributed by atoms with E-state index in [1.54, 1.807) is 0 Å². The van der Waals surface area contributed by atoms with Gasteiger partial charge in [-0.05, 0) is 31.1 Å².